The summed E-state index contributed by atoms with van der Waals surface area (Å²) in [5.41, 5.74) is 3.79. The summed E-state index contributed by atoms with van der Waals surface area (Å²) in [5, 5.41) is 4.14. The molecule has 1 fully saturated rings. The molecule has 16 heavy (non-hydrogen) atoms. The predicted octanol–water partition coefficient (Wildman–Crippen LogP) is 2.93. The Balaban J connectivity index is 2.52. The second kappa shape index (κ2) is 5.32. The van der Waals surface area contributed by atoms with Crippen LogP contribution in [0.2, 0.25) is 0 Å². The first kappa shape index (κ1) is 13.0. The molecule has 0 radical (unpaired) electrons. The third-order valence-corrected chi connectivity index (χ3v) is 2.75. The summed E-state index contributed by atoms with van der Waals surface area (Å²) in [5.74, 6) is 0.631. The molecular weight excluding hydrogens is 204 g/mol. The van der Waals surface area contributed by atoms with Gasteiger partial charge in [0.15, 0.2) is 0 Å². The molecule has 0 aromatic rings. The number of nitrogens with one attached hydrogen (secondary N) is 1. The highest BCUT2D eigenvalue weighted by atomic mass is 16.5. The van der Waals surface area contributed by atoms with Crippen LogP contribution in [0, 0.1) is 11.3 Å². The Kier molecular flexibility index (Phi) is 4.33. The molecule has 1 rings (SSSR count). The van der Waals surface area contributed by atoms with E-state index in [2.05, 4.69) is 31.3 Å². The zero-order chi connectivity index (χ0) is 12.2. The number of amides is 1. The molecule has 0 unspecified atom stereocenters. The Morgan fingerprint density at radius 3 is 2.88 bits per heavy atom. The van der Waals surface area contributed by atoms with Crippen LogP contribution in [-0.2, 0) is 4.74 Å². The van der Waals surface area contributed by atoms with Gasteiger partial charge in [0.05, 0.1) is 6.61 Å². The minimum absolute atomic E-state index is 0.285. The van der Waals surface area contributed by atoms with Crippen LogP contribution < -0.4 is 5.43 Å². The number of hydrogen-bond donors (Lipinski definition) is 1. The Hall–Kier alpha value is -1.06. The summed E-state index contributed by atoms with van der Waals surface area (Å²) in [4.78, 5) is 11.1. The van der Waals surface area contributed by atoms with Crippen molar-refractivity contribution in [3.05, 3.63) is 0 Å². The number of rotatable bonds is 2. The average molecular weight is 226 g/mol. The van der Waals surface area contributed by atoms with E-state index in [1.54, 1.807) is 6.92 Å². The number of hydrogen-bond acceptors (Lipinski definition) is 3. The first-order chi connectivity index (χ1) is 7.43. The zero-order valence-corrected chi connectivity index (χ0v) is 10.7. The summed E-state index contributed by atoms with van der Waals surface area (Å²) >= 11 is 0. The van der Waals surface area contributed by atoms with E-state index in [1.807, 2.05) is 0 Å². The quantitative estimate of drug-likeness (QED) is 0.736. The Morgan fingerprint density at radius 2 is 2.31 bits per heavy atom. The summed E-state index contributed by atoms with van der Waals surface area (Å²) < 4.78 is 4.75. The minimum Gasteiger partial charge on any atom is -0.449 e. The van der Waals surface area contributed by atoms with Gasteiger partial charge < -0.3 is 4.74 Å². The highest BCUT2D eigenvalue weighted by Gasteiger charge is 2.29. The molecule has 1 atom stereocenters. The molecule has 0 aromatic carbocycles. The summed E-state index contributed by atoms with van der Waals surface area (Å²) in [6, 6.07) is 0. The summed E-state index contributed by atoms with van der Waals surface area (Å²) in [7, 11) is 0. The second-order valence-corrected chi connectivity index (χ2v) is 5.36. The van der Waals surface area contributed by atoms with Gasteiger partial charge >= 0.3 is 6.09 Å². The van der Waals surface area contributed by atoms with Crippen LogP contribution in [0.3, 0.4) is 0 Å². The van der Waals surface area contributed by atoms with Gasteiger partial charge in [0.25, 0.3) is 0 Å². The molecule has 0 aliphatic heterocycles. The standard InChI is InChI=1S/C12H22N2O2/c1-5-16-11(15)14-13-10-6-9(2)7-12(3,4)8-10/h9H,5-8H2,1-4H3,(H,14,15)/t9-/m0/s1. The number of hydrazone groups is 1. The van der Waals surface area contributed by atoms with Gasteiger partial charge in [-0.05, 0) is 37.5 Å². The highest BCUT2D eigenvalue weighted by molar-refractivity contribution is 5.86. The fourth-order valence-electron chi connectivity index (χ4n) is 2.49. The molecule has 1 aliphatic rings. The predicted molar refractivity (Wildman–Crippen MR) is 64.4 cm³/mol. The van der Waals surface area contributed by atoms with Crippen LogP contribution in [0.5, 0.6) is 0 Å². The van der Waals surface area contributed by atoms with Crippen molar-refractivity contribution in [2.24, 2.45) is 16.4 Å². The van der Waals surface area contributed by atoms with E-state index in [0.29, 0.717) is 12.5 Å². The van der Waals surface area contributed by atoms with Gasteiger partial charge in [-0.3, -0.25) is 0 Å². The lowest BCUT2D eigenvalue weighted by Gasteiger charge is -2.34. The molecule has 0 bridgehead atoms. The maximum Gasteiger partial charge on any atom is 0.427 e. The van der Waals surface area contributed by atoms with E-state index in [-0.39, 0.29) is 5.41 Å². The van der Waals surface area contributed by atoms with Crippen molar-refractivity contribution < 1.29 is 9.53 Å². The number of ether oxygens (including phenoxy) is 1. The molecule has 4 nitrogen and oxygen atoms in total. The van der Waals surface area contributed by atoms with Gasteiger partial charge in [-0.2, -0.15) is 5.10 Å². The Morgan fingerprint density at radius 1 is 1.62 bits per heavy atom. The average Bonchev–Trinajstić information content (AvgIpc) is 2.12. The molecule has 0 spiro atoms. The van der Waals surface area contributed by atoms with Crippen LogP contribution in [-0.4, -0.2) is 18.4 Å². The van der Waals surface area contributed by atoms with Gasteiger partial charge in [-0.15, -0.1) is 0 Å². The molecule has 0 aromatic heterocycles. The van der Waals surface area contributed by atoms with Crippen molar-refractivity contribution in [1.29, 1.82) is 0 Å². The van der Waals surface area contributed by atoms with E-state index < -0.39 is 6.09 Å². The highest BCUT2D eigenvalue weighted by Crippen LogP contribution is 2.36. The third kappa shape index (κ3) is 4.21. The molecule has 1 aliphatic carbocycles. The van der Waals surface area contributed by atoms with Gasteiger partial charge in [0.2, 0.25) is 0 Å². The number of nitrogens with zero attached hydrogens (tertiary/aromatic N) is 1. The van der Waals surface area contributed by atoms with Crippen LogP contribution in [0.1, 0.15) is 47.0 Å². The molecular formula is C12H22N2O2. The molecule has 1 N–H and O–H groups in total. The maximum absolute atomic E-state index is 11.1. The molecule has 0 saturated heterocycles. The lowest BCUT2D eigenvalue weighted by atomic mass is 9.72. The normalized spacial score (nSPS) is 26.5. The van der Waals surface area contributed by atoms with Gasteiger partial charge in [0, 0.05) is 5.71 Å². The van der Waals surface area contributed by atoms with Crippen molar-refractivity contribution in [2.45, 2.75) is 47.0 Å². The van der Waals surface area contributed by atoms with Gasteiger partial charge in [0.1, 0.15) is 0 Å². The van der Waals surface area contributed by atoms with E-state index in [0.717, 1.165) is 18.6 Å². The first-order valence-corrected chi connectivity index (χ1v) is 5.91. The van der Waals surface area contributed by atoms with Crippen molar-refractivity contribution in [3.63, 3.8) is 0 Å². The molecule has 4 heteroatoms. The van der Waals surface area contributed by atoms with Crippen molar-refractivity contribution in [3.8, 4) is 0 Å². The Bertz CT molecular complexity index is 285. The minimum atomic E-state index is -0.467. The van der Waals surface area contributed by atoms with Crippen LogP contribution in [0.15, 0.2) is 5.10 Å². The third-order valence-electron chi connectivity index (χ3n) is 2.75. The fraction of sp³-hybridized carbons (Fsp3) is 0.833. The van der Waals surface area contributed by atoms with E-state index in [4.69, 9.17) is 4.74 Å². The van der Waals surface area contributed by atoms with E-state index in [9.17, 15) is 4.79 Å². The molecule has 92 valence electrons. The first-order valence-electron chi connectivity index (χ1n) is 5.91. The maximum atomic E-state index is 11.1. The smallest absolute Gasteiger partial charge is 0.427 e. The Labute approximate surface area is 97.4 Å². The summed E-state index contributed by atoms with van der Waals surface area (Å²) in [6.45, 7) is 8.85. The fourth-order valence-corrected chi connectivity index (χ4v) is 2.49. The molecule has 0 heterocycles. The van der Waals surface area contributed by atoms with E-state index >= 15 is 0 Å². The van der Waals surface area contributed by atoms with Crippen LogP contribution in [0.25, 0.3) is 0 Å². The lowest BCUT2D eigenvalue weighted by molar-refractivity contribution is 0.152. The van der Waals surface area contributed by atoms with Gasteiger partial charge in [-0.1, -0.05) is 20.8 Å². The second-order valence-electron chi connectivity index (χ2n) is 5.36. The summed E-state index contributed by atoms with van der Waals surface area (Å²) in [6.07, 6.45) is 2.66. The monoisotopic (exact) mass is 226 g/mol. The largest absolute Gasteiger partial charge is 0.449 e. The van der Waals surface area contributed by atoms with Crippen LogP contribution >= 0.6 is 0 Å². The van der Waals surface area contributed by atoms with Crippen molar-refractivity contribution in [2.75, 3.05) is 6.61 Å². The van der Waals surface area contributed by atoms with Crippen LogP contribution in [0.4, 0.5) is 4.79 Å². The topological polar surface area (TPSA) is 50.7 Å². The number of carbonyl (C=O) groups excluding carboxylic acids is 1. The lowest BCUT2D eigenvalue weighted by Crippen LogP contribution is -2.30. The molecule has 1 saturated carbocycles. The van der Waals surface area contributed by atoms with E-state index in [1.165, 1.54) is 6.42 Å². The zero-order valence-electron chi connectivity index (χ0n) is 10.7. The van der Waals surface area contributed by atoms with Crippen molar-refractivity contribution in [1.82, 2.24) is 5.43 Å². The SMILES string of the molecule is CCOC(=O)NN=C1C[C@H](C)CC(C)(C)C1. The molecule has 1 amide bonds. The number of carbonyl (C=O) groups is 1. The van der Waals surface area contributed by atoms with Gasteiger partial charge in [-0.25, -0.2) is 10.2 Å². The van der Waals surface area contributed by atoms with Crippen molar-refractivity contribution >= 4 is 11.8 Å².